The predicted molar refractivity (Wildman–Crippen MR) is 101 cm³/mol. The second-order valence-electron chi connectivity index (χ2n) is 8.59. The van der Waals surface area contributed by atoms with E-state index >= 15 is 0 Å². The van der Waals surface area contributed by atoms with E-state index < -0.39 is 0 Å². The van der Waals surface area contributed by atoms with Crippen molar-refractivity contribution in [3.8, 4) is 0 Å². The van der Waals surface area contributed by atoms with Crippen LogP contribution in [-0.2, 0) is 4.79 Å². The van der Waals surface area contributed by atoms with Gasteiger partial charge in [-0.05, 0) is 44.4 Å². The third-order valence-electron chi connectivity index (χ3n) is 5.57. The van der Waals surface area contributed by atoms with E-state index in [9.17, 15) is 4.79 Å². The SMILES string of the molecule is CC1CCC(N2CCC(N(C)C(=O)CSC(C)(C)C)CC2)CC1. The first-order chi connectivity index (χ1) is 10.8. The first-order valence-electron chi connectivity index (χ1n) is 9.40. The quantitative estimate of drug-likeness (QED) is 0.772. The fourth-order valence-corrected chi connectivity index (χ4v) is 4.59. The van der Waals surface area contributed by atoms with Gasteiger partial charge in [-0.1, -0.05) is 27.7 Å². The van der Waals surface area contributed by atoms with Gasteiger partial charge >= 0.3 is 0 Å². The number of rotatable bonds is 4. The van der Waals surface area contributed by atoms with Crippen LogP contribution in [0.4, 0.5) is 0 Å². The molecule has 1 amide bonds. The van der Waals surface area contributed by atoms with E-state index in [1.165, 1.54) is 38.8 Å². The minimum Gasteiger partial charge on any atom is -0.342 e. The Morgan fingerprint density at radius 3 is 2.17 bits per heavy atom. The average molecular weight is 341 g/mol. The van der Waals surface area contributed by atoms with Gasteiger partial charge in [-0.2, -0.15) is 0 Å². The van der Waals surface area contributed by atoms with E-state index in [-0.39, 0.29) is 4.75 Å². The molecule has 0 N–H and O–H groups in total. The number of carbonyl (C=O) groups excluding carboxylic acids is 1. The monoisotopic (exact) mass is 340 g/mol. The third kappa shape index (κ3) is 5.97. The molecule has 2 rings (SSSR count). The summed E-state index contributed by atoms with van der Waals surface area (Å²) in [5, 5.41) is 0. The van der Waals surface area contributed by atoms with Gasteiger partial charge in [0.25, 0.3) is 0 Å². The van der Waals surface area contributed by atoms with E-state index in [1.807, 2.05) is 11.9 Å². The van der Waals surface area contributed by atoms with Crippen molar-refractivity contribution in [2.24, 2.45) is 5.92 Å². The summed E-state index contributed by atoms with van der Waals surface area (Å²) in [6.07, 6.45) is 7.84. The minimum atomic E-state index is 0.165. The maximum absolute atomic E-state index is 12.4. The molecular weight excluding hydrogens is 304 g/mol. The molecule has 1 saturated heterocycles. The molecule has 0 atom stereocenters. The second-order valence-corrected chi connectivity index (χ2v) is 10.4. The maximum atomic E-state index is 12.4. The van der Waals surface area contributed by atoms with Gasteiger partial charge in [-0.15, -0.1) is 11.8 Å². The van der Waals surface area contributed by atoms with Gasteiger partial charge in [0.1, 0.15) is 0 Å². The van der Waals surface area contributed by atoms with Crippen molar-refractivity contribution >= 4 is 17.7 Å². The largest absolute Gasteiger partial charge is 0.342 e. The summed E-state index contributed by atoms with van der Waals surface area (Å²) in [6.45, 7) is 11.3. The number of nitrogens with zero attached hydrogens (tertiary/aromatic N) is 2. The Kier molecular flexibility index (Phi) is 6.85. The topological polar surface area (TPSA) is 23.6 Å². The van der Waals surface area contributed by atoms with Crippen LogP contribution in [0.2, 0.25) is 0 Å². The zero-order valence-corrected chi connectivity index (χ0v) is 16.6. The molecule has 134 valence electrons. The number of hydrogen-bond donors (Lipinski definition) is 0. The summed E-state index contributed by atoms with van der Waals surface area (Å²) in [5.74, 6) is 1.84. The Balaban J connectivity index is 1.74. The highest BCUT2D eigenvalue weighted by molar-refractivity contribution is 8.01. The predicted octanol–water partition coefficient (Wildman–Crippen LogP) is 4.02. The van der Waals surface area contributed by atoms with E-state index in [4.69, 9.17) is 0 Å². The molecule has 4 heteroatoms. The van der Waals surface area contributed by atoms with Crippen molar-refractivity contribution in [1.82, 2.24) is 9.80 Å². The molecule has 0 radical (unpaired) electrons. The first-order valence-corrected chi connectivity index (χ1v) is 10.4. The van der Waals surface area contributed by atoms with Gasteiger partial charge in [-0.25, -0.2) is 0 Å². The molecule has 0 bridgehead atoms. The van der Waals surface area contributed by atoms with E-state index in [2.05, 4.69) is 32.6 Å². The normalized spacial score (nSPS) is 27.9. The Labute approximate surface area is 147 Å². The number of hydrogen-bond acceptors (Lipinski definition) is 3. The molecule has 23 heavy (non-hydrogen) atoms. The molecule has 0 spiro atoms. The Morgan fingerprint density at radius 2 is 1.65 bits per heavy atom. The highest BCUT2D eigenvalue weighted by atomic mass is 32.2. The van der Waals surface area contributed by atoms with Crippen molar-refractivity contribution in [2.45, 2.75) is 83.1 Å². The standard InChI is InChI=1S/C19H36N2OS/c1-15-6-8-17(9-7-15)21-12-10-16(11-13-21)20(5)18(22)14-23-19(2,3)4/h15-17H,6-14H2,1-5H3. The summed E-state index contributed by atoms with van der Waals surface area (Å²) in [4.78, 5) is 17.1. The minimum absolute atomic E-state index is 0.165. The number of thioether (sulfide) groups is 1. The lowest BCUT2D eigenvalue weighted by Gasteiger charge is -2.42. The zero-order valence-electron chi connectivity index (χ0n) is 15.8. The van der Waals surface area contributed by atoms with Crippen LogP contribution in [0.3, 0.4) is 0 Å². The molecule has 0 unspecified atom stereocenters. The molecule has 0 aromatic rings. The molecule has 2 aliphatic rings. The summed E-state index contributed by atoms with van der Waals surface area (Å²) >= 11 is 1.76. The Bertz CT molecular complexity index is 377. The number of piperidine rings is 1. The van der Waals surface area contributed by atoms with Gasteiger partial charge in [0.05, 0.1) is 5.75 Å². The third-order valence-corrected chi connectivity index (χ3v) is 6.83. The highest BCUT2D eigenvalue weighted by Crippen LogP contribution is 2.30. The summed E-state index contributed by atoms with van der Waals surface area (Å²) in [7, 11) is 2.01. The molecule has 1 saturated carbocycles. The van der Waals surface area contributed by atoms with Crippen LogP contribution < -0.4 is 0 Å². The van der Waals surface area contributed by atoms with E-state index in [0.29, 0.717) is 17.7 Å². The fourth-order valence-electron chi connectivity index (χ4n) is 3.83. The summed E-state index contributed by atoms with van der Waals surface area (Å²) in [5.41, 5.74) is 0. The molecular formula is C19H36N2OS. The molecule has 1 aliphatic heterocycles. The lowest BCUT2D eigenvalue weighted by Crippen LogP contribution is -2.49. The molecule has 3 nitrogen and oxygen atoms in total. The van der Waals surface area contributed by atoms with Gasteiger partial charge in [-0.3, -0.25) is 4.79 Å². The van der Waals surface area contributed by atoms with Crippen LogP contribution in [-0.4, -0.2) is 58.4 Å². The van der Waals surface area contributed by atoms with Gasteiger partial charge < -0.3 is 9.80 Å². The van der Waals surface area contributed by atoms with Crippen LogP contribution in [0.25, 0.3) is 0 Å². The molecule has 0 aromatic heterocycles. The second kappa shape index (κ2) is 8.24. The first kappa shape index (κ1) is 19.1. The highest BCUT2D eigenvalue weighted by Gasteiger charge is 2.30. The molecule has 0 aromatic carbocycles. The van der Waals surface area contributed by atoms with Gasteiger partial charge in [0.2, 0.25) is 5.91 Å². The zero-order chi connectivity index (χ0) is 17.0. The van der Waals surface area contributed by atoms with Crippen molar-refractivity contribution in [2.75, 3.05) is 25.9 Å². The lowest BCUT2D eigenvalue weighted by atomic mass is 9.85. The average Bonchev–Trinajstić information content (AvgIpc) is 2.52. The number of likely N-dealkylation sites (tertiary alicyclic amines) is 1. The summed E-state index contributed by atoms with van der Waals surface area (Å²) < 4.78 is 0.165. The van der Waals surface area contributed by atoms with Crippen LogP contribution in [0.1, 0.15) is 66.2 Å². The van der Waals surface area contributed by atoms with Crippen molar-refractivity contribution in [3.05, 3.63) is 0 Å². The lowest BCUT2D eigenvalue weighted by molar-refractivity contribution is -0.130. The van der Waals surface area contributed by atoms with Gasteiger partial charge in [0, 0.05) is 37.0 Å². The van der Waals surface area contributed by atoms with Crippen LogP contribution in [0.5, 0.6) is 0 Å². The maximum Gasteiger partial charge on any atom is 0.232 e. The van der Waals surface area contributed by atoms with Gasteiger partial charge in [0.15, 0.2) is 0 Å². The fraction of sp³-hybridized carbons (Fsp3) is 0.947. The Morgan fingerprint density at radius 1 is 1.09 bits per heavy atom. The smallest absolute Gasteiger partial charge is 0.232 e. The van der Waals surface area contributed by atoms with Crippen LogP contribution in [0.15, 0.2) is 0 Å². The van der Waals surface area contributed by atoms with Crippen molar-refractivity contribution in [3.63, 3.8) is 0 Å². The number of carbonyl (C=O) groups is 1. The Hall–Kier alpha value is -0.220. The van der Waals surface area contributed by atoms with Crippen LogP contribution >= 0.6 is 11.8 Å². The molecule has 1 heterocycles. The van der Waals surface area contributed by atoms with Crippen LogP contribution in [0, 0.1) is 5.92 Å². The van der Waals surface area contributed by atoms with E-state index in [0.717, 1.165) is 24.8 Å². The van der Waals surface area contributed by atoms with Crippen molar-refractivity contribution < 1.29 is 4.79 Å². The molecule has 1 aliphatic carbocycles. The number of amides is 1. The summed E-state index contributed by atoms with van der Waals surface area (Å²) in [6, 6.07) is 1.26. The van der Waals surface area contributed by atoms with Crippen molar-refractivity contribution in [1.29, 1.82) is 0 Å². The molecule has 2 fully saturated rings. The van der Waals surface area contributed by atoms with E-state index in [1.54, 1.807) is 11.8 Å².